The Morgan fingerprint density at radius 3 is 2.43 bits per heavy atom. The normalized spacial score (nSPS) is 10.6. The van der Waals surface area contributed by atoms with Gasteiger partial charge in [0.1, 0.15) is 22.7 Å². The van der Waals surface area contributed by atoms with E-state index < -0.39 is 17.8 Å². The van der Waals surface area contributed by atoms with Gasteiger partial charge in [-0.1, -0.05) is 54.1 Å². The highest BCUT2D eigenvalue weighted by molar-refractivity contribution is 6.33. The zero-order valence-electron chi connectivity index (χ0n) is 18.7. The van der Waals surface area contributed by atoms with E-state index in [9.17, 15) is 14.4 Å². The first kappa shape index (κ1) is 23.8. The number of ether oxygens (including phenoxy) is 2. The van der Waals surface area contributed by atoms with Gasteiger partial charge >= 0.3 is 5.97 Å². The molecule has 0 fully saturated rings. The van der Waals surface area contributed by atoms with E-state index in [0.29, 0.717) is 22.5 Å². The van der Waals surface area contributed by atoms with E-state index in [2.05, 4.69) is 10.9 Å². The first-order chi connectivity index (χ1) is 17.0. The zero-order valence-corrected chi connectivity index (χ0v) is 19.4. The molecule has 0 atom stereocenters. The van der Waals surface area contributed by atoms with Crippen LogP contribution >= 0.6 is 11.6 Å². The van der Waals surface area contributed by atoms with Crippen LogP contribution in [-0.2, 0) is 9.53 Å². The van der Waals surface area contributed by atoms with Crippen molar-refractivity contribution in [2.75, 3.05) is 13.2 Å². The fourth-order valence-electron chi connectivity index (χ4n) is 3.39. The van der Waals surface area contributed by atoms with Crippen molar-refractivity contribution in [1.82, 2.24) is 10.9 Å². The average Bonchev–Trinajstić information content (AvgIpc) is 3.26. The second-order valence-corrected chi connectivity index (χ2v) is 7.73. The third kappa shape index (κ3) is 5.44. The Hall–Kier alpha value is -4.30. The minimum Gasteiger partial charge on any atom is -0.484 e. The number of furan rings is 1. The molecule has 3 aromatic carbocycles. The number of esters is 1. The van der Waals surface area contributed by atoms with Crippen molar-refractivity contribution in [2.45, 2.75) is 6.92 Å². The maximum Gasteiger partial charge on any atom is 0.342 e. The Morgan fingerprint density at radius 2 is 1.69 bits per heavy atom. The SMILES string of the molecule is CCOC(=O)c1c(-c2ccccc2)oc2ccc(OCC(=O)NNC(=O)c3ccccc3Cl)cc12. The summed E-state index contributed by atoms with van der Waals surface area (Å²) >= 11 is 5.98. The predicted molar refractivity (Wildman–Crippen MR) is 130 cm³/mol. The van der Waals surface area contributed by atoms with E-state index in [0.717, 1.165) is 5.56 Å². The van der Waals surface area contributed by atoms with Crippen LogP contribution in [0.25, 0.3) is 22.3 Å². The number of carbonyl (C=O) groups excluding carboxylic acids is 3. The average molecular weight is 493 g/mol. The molecule has 0 aliphatic heterocycles. The second-order valence-electron chi connectivity index (χ2n) is 7.32. The highest BCUT2D eigenvalue weighted by atomic mass is 35.5. The van der Waals surface area contributed by atoms with Gasteiger partial charge in [-0.25, -0.2) is 4.79 Å². The van der Waals surface area contributed by atoms with Crippen LogP contribution in [0, 0.1) is 0 Å². The van der Waals surface area contributed by atoms with Crippen LogP contribution < -0.4 is 15.6 Å². The molecule has 1 heterocycles. The predicted octanol–water partition coefficient (Wildman–Crippen LogP) is 4.77. The molecule has 2 amide bonds. The molecule has 0 unspecified atom stereocenters. The molecule has 0 radical (unpaired) electrons. The largest absolute Gasteiger partial charge is 0.484 e. The molecule has 4 rings (SSSR count). The highest BCUT2D eigenvalue weighted by Gasteiger charge is 2.23. The summed E-state index contributed by atoms with van der Waals surface area (Å²) in [6.45, 7) is 1.54. The molecule has 178 valence electrons. The molecule has 0 aliphatic rings. The summed E-state index contributed by atoms with van der Waals surface area (Å²) in [5.74, 6) is -0.959. The molecule has 0 spiro atoms. The maximum absolute atomic E-state index is 12.7. The molecule has 9 heteroatoms. The topological polar surface area (TPSA) is 107 Å². The van der Waals surface area contributed by atoms with Gasteiger partial charge in [-0.05, 0) is 37.3 Å². The Labute approximate surface area is 205 Å². The van der Waals surface area contributed by atoms with Gasteiger partial charge in [-0.2, -0.15) is 0 Å². The monoisotopic (exact) mass is 492 g/mol. The number of carbonyl (C=O) groups is 3. The molecule has 2 N–H and O–H groups in total. The number of hydrogen-bond acceptors (Lipinski definition) is 6. The summed E-state index contributed by atoms with van der Waals surface area (Å²) in [5.41, 5.74) is 6.25. The number of benzene rings is 3. The number of rotatable bonds is 7. The molecular formula is C26H21ClN2O6. The van der Waals surface area contributed by atoms with Crippen molar-refractivity contribution < 1.29 is 28.3 Å². The van der Waals surface area contributed by atoms with Gasteiger partial charge in [0.05, 0.1) is 17.2 Å². The summed E-state index contributed by atoms with van der Waals surface area (Å²) in [7, 11) is 0. The Bertz CT molecular complexity index is 1380. The van der Waals surface area contributed by atoms with Crippen LogP contribution in [0.4, 0.5) is 0 Å². The van der Waals surface area contributed by atoms with Crippen molar-refractivity contribution in [3.05, 3.63) is 88.9 Å². The molecule has 4 aromatic rings. The Balaban J connectivity index is 1.48. The van der Waals surface area contributed by atoms with Crippen molar-refractivity contribution in [1.29, 1.82) is 0 Å². The Kier molecular flexibility index (Phi) is 7.32. The molecule has 8 nitrogen and oxygen atoms in total. The Morgan fingerprint density at radius 1 is 0.943 bits per heavy atom. The maximum atomic E-state index is 12.7. The summed E-state index contributed by atoms with van der Waals surface area (Å²) < 4.78 is 16.8. The van der Waals surface area contributed by atoms with Gasteiger partial charge in [0.25, 0.3) is 11.8 Å². The summed E-state index contributed by atoms with van der Waals surface area (Å²) in [6, 6.07) is 20.5. The molecule has 0 saturated heterocycles. The van der Waals surface area contributed by atoms with Crippen LogP contribution in [0.2, 0.25) is 5.02 Å². The molecule has 0 aliphatic carbocycles. The van der Waals surface area contributed by atoms with Crippen LogP contribution in [-0.4, -0.2) is 31.0 Å². The van der Waals surface area contributed by atoms with Gasteiger partial charge in [0, 0.05) is 10.9 Å². The number of hydrogen-bond donors (Lipinski definition) is 2. The van der Waals surface area contributed by atoms with E-state index in [4.69, 9.17) is 25.5 Å². The van der Waals surface area contributed by atoms with Gasteiger partial charge in [0.2, 0.25) is 0 Å². The van der Waals surface area contributed by atoms with E-state index in [1.54, 1.807) is 43.3 Å². The van der Waals surface area contributed by atoms with Gasteiger partial charge in [-0.15, -0.1) is 0 Å². The minimum atomic E-state index is -0.590. The van der Waals surface area contributed by atoms with E-state index in [1.807, 2.05) is 30.3 Å². The van der Waals surface area contributed by atoms with Crippen LogP contribution in [0.1, 0.15) is 27.6 Å². The van der Waals surface area contributed by atoms with Crippen molar-refractivity contribution in [3.63, 3.8) is 0 Å². The smallest absolute Gasteiger partial charge is 0.342 e. The van der Waals surface area contributed by atoms with Gasteiger partial charge < -0.3 is 13.9 Å². The lowest BCUT2D eigenvalue weighted by atomic mass is 10.1. The van der Waals surface area contributed by atoms with Gasteiger partial charge in [-0.3, -0.25) is 20.4 Å². The second kappa shape index (κ2) is 10.8. The molecular weight excluding hydrogens is 472 g/mol. The first-order valence-corrected chi connectivity index (χ1v) is 11.1. The van der Waals surface area contributed by atoms with Crippen molar-refractivity contribution in [3.8, 4) is 17.1 Å². The highest BCUT2D eigenvalue weighted by Crippen LogP contribution is 2.36. The fourth-order valence-corrected chi connectivity index (χ4v) is 3.61. The fraction of sp³-hybridized carbons (Fsp3) is 0.115. The molecule has 0 saturated carbocycles. The van der Waals surface area contributed by atoms with Crippen LogP contribution in [0.3, 0.4) is 0 Å². The lowest BCUT2D eigenvalue weighted by Crippen LogP contribution is -2.43. The van der Waals surface area contributed by atoms with E-state index >= 15 is 0 Å². The summed E-state index contributed by atoms with van der Waals surface area (Å²) in [6.07, 6.45) is 0. The third-order valence-corrected chi connectivity index (χ3v) is 5.31. The van der Waals surface area contributed by atoms with Gasteiger partial charge in [0.15, 0.2) is 6.61 Å². The number of fused-ring (bicyclic) bond motifs is 1. The number of nitrogens with one attached hydrogen (secondary N) is 2. The number of hydrazine groups is 1. The number of amides is 2. The molecule has 35 heavy (non-hydrogen) atoms. The summed E-state index contributed by atoms with van der Waals surface area (Å²) in [5, 5.41) is 0.753. The van der Waals surface area contributed by atoms with E-state index in [1.165, 1.54) is 6.07 Å². The standard InChI is InChI=1S/C26H21ClN2O6/c1-2-33-26(32)23-19-14-17(12-13-21(19)35-24(23)16-8-4-3-5-9-16)34-15-22(30)28-29-25(31)18-10-6-7-11-20(18)27/h3-14H,2,15H2,1H3,(H,28,30)(H,29,31). The third-order valence-electron chi connectivity index (χ3n) is 4.98. The van der Waals surface area contributed by atoms with Crippen molar-refractivity contribution in [2.24, 2.45) is 0 Å². The van der Waals surface area contributed by atoms with Crippen LogP contribution in [0.5, 0.6) is 5.75 Å². The molecule has 1 aromatic heterocycles. The lowest BCUT2D eigenvalue weighted by Gasteiger charge is -2.09. The van der Waals surface area contributed by atoms with E-state index in [-0.39, 0.29) is 29.4 Å². The quantitative estimate of drug-likeness (QED) is 0.284. The summed E-state index contributed by atoms with van der Waals surface area (Å²) in [4.78, 5) is 37.1. The minimum absolute atomic E-state index is 0.204. The van der Waals surface area contributed by atoms with Crippen LogP contribution in [0.15, 0.2) is 77.2 Å². The lowest BCUT2D eigenvalue weighted by molar-refractivity contribution is -0.123. The zero-order chi connectivity index (χ0) is 24.8. The number of halogens is 1. The molecule has 0 bridgehead atoms. The van der Waals surface area contributed by atoms with Crippen molar-refractivity contribution >= 4 is 40.4 Å². The first-order valence-electron chi connectivity index (χ1n) is 10.7.